The Kier molecular flexibility index (Phi) is 8.52. The van der Waals surface area contributed by atoms with Crippen LogP contribution in [-0.2, 0) is 29.3 Å². The Morgan fingerprint density at radius 1 is 1.29 bits per heavy atom. The largest absolute Gasteiger partial charge is 0.488 e. The van der Waals surface area contributed by atoms with Crippen LogP contribution >= 0.6 is 0 Å². The highest BCUT2D eigenvalue weighted by molar-refractivity contribution is 5.70. The van der Waals surface area contributed by atoms with Gasteiger partial charge in [-0.25, -0.2) is 14.5 Å². The fourth-order valence-corrected chi connectivity index (χ4v) is 3.82. The fraction of sp³-hybridized carbons (Fsp3) is 0.591. The van der Waals surface area contributed by atoms with Gasteiger partial charge in [-0.1, -0.05) is 18.6 Å². The number of alkyl halides is 3. The molecule has 2 aromatic heterocycles. The molecule has 13 heteroatoms. The van der Waals surface area contributed by atoms with Crippen LogP contribution in [0.25, 0.3) is 11.4 Å². The van der Waals surface area contributed by atoms with Crippen molar-refractivity contribution in [1.82, 2.24) is 25.3 Å². The lowest BCUT2D eigenvalue weighted by Crippen LogP contribution is -2.30. The highest BCUT2D eigenvalue weighted by atomic mass is 19.4. The lowest BCUT2D eigenvalue weighted by molar-refractivity contribution is -0.146. The van der Waals surface area contributed by atoms with E-state index in [1.54, 1.807) is 7.05 Å². The summed E-state index contributed by atoms with van der Waals surface area (Å²) in [4.78, 5) is 26.9. The van der Waals surface area contributed by atoms with E-state index in [-0.39, 0.29) is 31.0 Å². The molecule has 0 aliphatic heterocycles. The number of rotatable bonds is 9. The Balaban J connectivity index is 1.81. The predicted octanol–water partition coefficient (Wildman–Crippen LogP) is 3.94. The van der Waals surface area contributed by atoms with Crippen LogP contribution in [0, 0.1) is 5.92 Å². The van der Waals surface area contributed by atoms with Gasteiger partial charge >= 0.3 is 18.2 Å². The van der Waals surface area contributed by atoms with Crippen LogP contribution in [0.4, 0.5) is 18.0 Å². The summed E-state index contributed by atoms with van der Waals surface area (Å²) in [6.45, 7) is 2.13. The molecular formula is C22H28F3N5O5. The molecule has 1 fully saturated rings. The third-order valence-corrected chi connectivity index (χ3v) is 5.71. The number of hydrogen-bond acceptors (Lipinski definition) is 7. The van der Waals surface area contributed by atoms with Crippen LogP contribution in [0.3, 0.4) is 0 Å². The minimum Gasteiger partial charge on any atom is -0.488 e. The van der Waals surface area contributed by atoms with Crippen LogP contribution < -0.4 is 10.1 Å². The number of aliphatic carboxylic acids is 1. The van der Waals surface area contributed by atoms with Gasteiger partial charge in [0.05, 0.1) is 36.6 Å². The molecule has 0 radical (unpaired) electrons. The number of pyridine rings is 1. The first-order valence-electron chi connectivity index (χ1n) is 11.4. The summed E-state index contributed by atoms with van der Waals surface area (Å²) in [5.41, 5.74) is -0.928. The fourth-order valence-electron chi connectivity index (χ4n) is 3.82. The number of hydrogen-bond donors (Lipinski definition) is 2. The number of nitrogens with zero attached hydrogens (tertiary/aromatic N) is 4. The van der Waals surface area contributed by atoms with E-state index in [0.29, 0.717) is 31.4 Å². The monoisotopic (exact) mass is 499 g/mol. The zero-order valence-electron chi connectivity index (χ0n) is 19.5. The van der Waals surface area contributed by atoms with Crippen molar-refractivity contribution in [3.05, 3.63) is 23.5 Å². The van der Waals surface area contributed by atoms with Gasteiger partial charge in [0.2, 0.25) is 0 Å². The van der Waals surface area contributed by atoms with E-state index in [1.165, 1.54) is 10.7 Å². The summed E-state index contributed by atoms with van der Waals surface area (Å²) in [5.74, 6) is -2.11. The summed E-state index contributed by atoms with van der Waals surface area (Å²) in [7, 11) is 1.54. The highest BCUT2D eigenvalue weighted by Gasteiger charge is 2.38. The molecule has 0 bridgehead atoms. The smallest absolute Gasteiger partial charge is 0.437 e. The Hall–Kier alpha value is -3.38. The molecule has 0 spiro atoms. The zero-order chi connectivity index (χ0) is 25.6. The molecule has 2 heterocycles. The van der Waals surface area contributed by atoms with Crippen molar-refractivity contribution in [2.45, 2.75) is 64.3 Å². The van der Waals surface area contributed by atoms with Crippen LogP contribution in [-0.4, -0.2) is 49.9 Å². The van der Waals surface area contributed by atoms with Crippen LogP contribution in [0.1, 0.15) is 56.8 Å². The average Bonchev–Trinajstić information content (AvgIpc) is 3.18. The first-order chi connectivity index (χ1) is 16.6. The molecular weight excluding hydrogens is 471 g/mol. The van der Waals surface area contributed by atoms with Gasteiger partial charge in [-0.2, -0.15) is 13.2 Å². The molecule has 2 atom stereocenters. The van der Waals surface area contributed by atoms with Gasteiger partial charge in [-0.3, -0.25) is 4.79 Å². The quantitative estimate of drug-likeness (QED) is 0.497. The molecule has 1 aliphatic rings. The molecule has 0 unspecified atom stereocenters. The number of alkyl carbamates (subject to hydrolysis) is 1. The molecule has 1 saturated carbocycles. The lowest BCUT2D eigenvalue weighted by atomic mass is 9.87. The highest BCUT2D eigenvalue weighted by Crippen LogP contribution is 2.38. The van der Waals surface area contributed by atoms with Crippen molar-refractivity contribution in [1.29, 1.82) is 0 Å². The summed E-state index contributed by atoms with van der Waals surface area (Å²) in [6, 6.07) is 2.48. The summed E-state index contributed by atoms with van der Waals surface area (Å²) >= 11 is 0. The third-order valence-electron chi connectivity index (χ3n) is 5.71. The molecule has 3 rings (SSSR count). The van der Waals surface area contributed by atoms with Crippen molar-refractivity contribution < 1.29 is 37.3 Å². The number of carboxylic acid groups (broad SMARTS) is 1. The van der Waals surface area contributed by atoms with Gasteiger partial charge in [0.25, 0.3) is 0 Å². The second-order valence-corrected chi connectivity index (χ2v) is 8.33. The topological polar surface area (TPSA) is 128 Å². The van der Waals surface area contributed by atoms with Crippen molar-refractivity contribution in [2.75, 3.05) is 6.61 Å². The Morgan fingerprint density at radius 2 is 2.06 bits per heavy atom. The Bertz CT molecular complexity index is 1040. The van der Waals surface area contributed by atoms with E-state index in [9.17, 15) is 27.9 Å². The standard InChI is InChI=1S/C22H28F3N5O5/c1-3-4-10-34-21(33)26-12-16-18(28-29-30(16)2)15-8-9-17(19(27-15)22(23,24)25)35-14-7-5-6-13(11-14)20(31)32/h8-9,13-14H,3-7,10-12H2,1-2H3,(H,26,33)(H,31,32)/t13-,14-/m0/s1. The number of aromatic nitrogens is 4. The van der Waals surface area contributed by atoms with Crippen LogP contribution in [0.15, 0.2) is 12.1 Å². The number of unbranched alkanes of at least 4 members (excludes halogenated alkanes) is 1. The molecule has 10 nitrogen and oxygen atoms in total. The maximum absolute atomic E-state index is 13.9. The summed E-state index contributed by atoms with van der Waals surface area (Å²) in [5, 5.41) is 19.5. The minimum atomic E-state index is -4.82. The maximum atomic E-state index is 13.9. The van der Waals surface area contributed by atoms with E-state index < -0.39 is 41.7 Å². The number of aryl methyl sites for hydroxylation is 1. The molecule has 2 aromatic rings. The number of amides is 1. The summed E-state index contributed by atoms with van der Waals surface area (Å²) < 4.78 is 53.5. The van der Waals surface area contributed by atoms with E-state index in [1.807, 2.05) is 6.92 Å². The molecule has 35 heavy (non-hydrogen) atoms. The molecule has 1 aliphatic carbocycles. The van der Waals surface area contributed by atoms with Gasteiger partial charge in [-0.15, -0.1) is 5.10 Å². The number of halogens is 3. The van der Waals surface area contributed by atoms with Gasteiger partial charge in [-0.05, 0) is 44.2 Å². The van der Waals surface area contributed by atoms with Gasteiger partial charge < -0.3 is 19.9 Å². The number of carbonyl (C=O) groups is 2. The maximum Gasteiger partial charge on any atom is 0.437 e. The molecule has 2 N–H and O–H groups in total. The van der Waals surface area contributed by atoms with Gasteiger partial charge in [0.15, 0.2) is 11.4 Å². The first kappa shape index (κ1) is 26.2. The molecule has 0 saturated heterocycles. The normalized spacial score (nSPS) is 18.2. The van der Waals surface area contributed by atoms with Crippen LogP contribution in [0.2, 0.25) is 0 Å². The molecule has 1 amide bonds. The van der Waals surface area contributed by atoms with Crippen molar-refractivity contribution >= 4 is 12.1 Å². The average molecular weight is 499 g/mol. The van der Waals surface area contributed by atoms with Gasteiger partial charge in [0.1, 0.15) is 5.69 Å². The minimum absolute atomic E-state index is 0.0713. The summed E-state index contributed by atoms with van der Waals surface area (Å²) in [6.07, 6.45) is -2.98. The predicted molar refractivity (Wildman–Crippen MR) is 116 cm³/mol. The van der Waals surface area contributed by atoms with Crippen molar-refractivity contribution in [3.63, 3.8) is 0 Å². The van der Waals surface area contributed by atoms with E-state index in [0.717, 1.165) is 12.5 Å². The number of ether oxygens (including phenoxy) is 2. The number of carboxylic acids is 1. The lowest BCUT2D eigenvalue weighted by Gasteiger charge is -2.28. The molecule has 192 valence electrons. The molecule has 0 aromatic carbocycles. The zero-order valence-corrected chi connectivity index (χ0v) is 19.5. The van der Waals surface area contributed by atoms with E-state index in [2.05, 4.69) is 20.6 Å². The third kappa shape index (κ3) is 6.83. The number of nitrogens with one attached hydrogen (secondary N) is 1. The Labute approximate surface area is 199 Å². The van der Waals surface area contributed by atoms with Gasteiger partial charge in [0, 0.05) is 7.05 Å². The second kappa shape index (κ2) is 11.4. The van der Waals surface area contributed by atoms with Crippen molar-refractivity contribution in [2.24, 2.45) is 13.0 Å². The second-order valence-electron chi connectivity index (χ2n) is 8.33. The first-order valence-corrected chi connectivity index (χ1v) is 11.4. The van der Waals surface area contributed by atoms with Crippen LogP contribution in [0.5, 0.6) is 5.75 Å². The van der Waals surface area contributed by atoms with E-state index >= 15 is 0 Å². The number of carbonyl (C=O) groups excluding carboxylic acids is 1. The van der Waals surface area contributed by atoms with Crippen molar-refractivity contribution in [3.8, 4) is 17.1 Å². The van der Waals surface area contributed by atoms with E-state index in [4.69, 9.17) is 9.47 Å². The SMILES string of the molecule is CCCCOC(=O)NCc1c(-c2ccc(O[C@H]3CCC[C@H](C(=O)O)C3)c(C(F)(F)F)n2)nnn1C. The Morgan fingerprint density at radius 3 is 2.74 bits per heavy atom.